The summed E-state index contributed by atoms with van der Waals surface area (Å²) in [5.41, 5.74) is 4.60. The molecular formula is C7H14N2O3. The summed E-state index contributed by atoms with van der Waals surface area (Å²) in [5, 5.41) is 10.8. The monoisotopic (exact) mass is 174 g/mol. The molecule has 0 aromatic heterocycles. The fraction of sp³-hybridized carbons (Fsp3) is 0.714. The summed E-state index contributed by atoms with van der Waals surface area (Å²) in [6.07, 6.45) is 0. The molecule has 0 saturated carbocycles. The van der Waals surface area contributed by atoms with Gasteiger partial charge in [0.25, 0.3) is 0 Å². The minimum Gasteiger partial charge on any atom is -0.480 e. The van der Waals surface area contributed by atoms with E-state index in [-0.39, 0.29) is 0 Å². The third-order valence-corrected chi connectivity index (χ3v) is 1.05. The predicted molar refractivity (Wildman–Crippen MR) is 43.5 cm³/mol. The third kappa shape index (κ3) is 3.92. The number of nitrogens with two attached hydrogens (primary N) is 1. The molecule has 1 unspecified atom stereocenters. The largest absolute Gasteiger partial charge is 0.480 e. The summed E-state index contributed by atoms with van der Waals surface area (Å²) in [6, 6.07) is -1.48. The highest BCUT2D eigenvalue weighted by Crippen LogP contribution is 1.98. The Morgan fingerprint density at radius 1 is 1.42 bits per heavy atom. The highest BCUT2D eigenvalue weighted by Gasteiger charge is 2.24. The van der Waals surface area contributed by atoms with E-state index < -0.39 is 23.5 Å². The number of aliphatic carboxylic acids is 1. The Kier molecular flexibility index (Phi) is 3.21. The maximum atomic E-state index is 11.0. The van der Waals surface area contributed by atoms with Crippen molar-refractivity contribution in [1.29, 1.82) is 0 Å². The second-order valence-electron chi connectivity index (χ2n) is 3.56. The van der Waals surface area contributed by atoms with Crippen LogP contribution in [0.25, 0.3) is 0 Å². The number of carbonyl (C=O) groups is 2. The number of carbonyl (C=O) groups excluding carboxylic acids is 1. The number of hydrogen-bond donors (Lipinski definition) is 3. The molecule has 0 saturated heterocycles. The lowest BCUT2D eigenvalue weighted by molar-refractivity contribution is -0.143. The van der Waals surface area contributed by atoms with Gasteiger partial charge in [-0.3, -0.25) is 4.79 Å². The maximum absolute atomic E-state index is 11.0. The Morgan fingerprint density at radius 3 is 2.08 bits per heavy atom. The first-order valence-electron chi connectivity index (χ1n) is 3.54. The minimum atomic E-state index is -1.48. The van der Waals surface area contributed by atoms with Gasteiger partial charge in [0.2, 0.25) is 5.91 Å². The molecule has 0 fully saturated rings. The molecular weight excluding hydrogens is 160 g/mol. The van der Waals surface area contributed by atoms with Gasteiger partial charge in [0.15, 0.2) is 6.04 Å². The number of amides is 1. The topological polar surface area (TPSA) is 92.4 Å². The van der Waals surface area contributed by atoms with E-state index in [1.165, 1.54) is 0 Å². The van der Waals surface area contributed by atoms with Crippen molar-refractivity contribution in [3.05, 3.63) is 0 Å². The van der Waals surface area contributed by atoms with Gasteiger partial charge in [-0.15, -0.1) is 0 Å². The second kappa shape index (κ2) is 3.53. The number of carboxylic acids is 1. The van der Waals surface area contributed by atoms with Crippen LogP contribution in [0.15, 0.2) is 0 Å². The van der Waals surface area contributed by atoms with Crippen molar-refractivity contribution in [2.24, 2.45) is 5.73 Å². The first-order valence-corrected chi connectivity index (χ1v) is 3.54. The van der Waals surface area contributed by atoms with Crippen molar-refractivity contribution in [2.45, 2.75) is 32.4 Å². The van der Waals surface area contributed by atoms with Gasteiger partial charge in [-0.1, -0.05) is 0 Å². The van der Waals surface area contributed by atoms with Crippen LogP contribution in [0.2, 0.25) is 0 Å². The van der Waals surface area contributed by atoms with Crippen LogP contribution in [-0.4, -0.2) is 28.6 Å². The lowest BCUT2D eigenvalue weighted by Crippen LogP contribution is -2.52. The van der Waals surface area contributed by atoms with Gasteiger partial charge in [-0.2, -0.15) is 0 Å². The van der Waals surface area contributed by atoms with Crippen LogP contribution in [0.4, 0.5) is 0 Å². The summed E-state index contributed by atoms with van der Waals surface area (Å²) < 4.78 is 0. The molecule has 1 atom stereocenters. The zero-order valence-corrected chi connectivity index (χ0v) is 7.42. The van der Waals surface area contributed by atoms with Crippen LogP contribution in [0.3, 0.4) is 0 Å². The molecule has 5 heteroatoms. The highest BCUT2D eigenvalue weighted by molar-refractivity contribution is 6.01. The molecule has 0 aliphatic carbocycles. The lowest BCUT2D eigenvalue weighted by Gasteiger charge is -2.21. The molecule has 12 heavy (non-hydrogen) atoms. The maximum Gasteiger partial charge on any atom is 0.330 e. The molecule has 0 radical (unpaired) electrons. The van der Waals surface area contributed by atoms with Crippen molar-refractivity contribution in [3.63, 3.8) is 0 Å². The molecule has 0 rings (SSSR count). The zero-order valence-electron chi connectivity index (χ0n) is 7.42. The fourth-order valence-corrected chi connectivity index (χ4v) is 0.559. The molecule has 0 aliphatic heterocycles. The molecule has 4 N–H and O–H groups in total. The van der Waals surface area contributed by atoms with Crippen molar-refractivity contribution >= 4 is 11.9 Å². The summed E-state index contributed by atoms with van der Waals surface area (Å²) in [5.74, 6) is -1.99. The zero-order chi connectivity index (χ0) is 9.94. The molecule has 70 valence electrons. The highest BCUT2D eigenvalue weighted by atomic mass is 16.4. The Labute approximate surface area is 70.9 Å². The van der Waals surface area contributed by atoms with Gasteiger partial charge < -0.3 is 16.2 Å². The fourth-order valence-electron chi connectivity index (χ4n) is 0.559. The van der Waals surface area contributed by atoms with E-state index in [9.17, 15) is 9.59 Å². The predicted octanol–water partition coefficient (Wildman–Crippen LogP) is -0.687. The molecule has 0 bridgehead atoms. The van der Waals surface area contributed by atoms with Gasteiger partial charge in [-0.05, 0) is 20.8 Å². The number of nitrogens with one attached hydrogen (secondary N) is 1. The summed E-state index contributed by atoms with van der Waals surface area (Å²) in [7, 11) is 0. The van der Waals surface area contributed by atoms with Gasteiger partial charge in [-0.25, -0.2) is 4.79 Å². The van der Waals surface area contributed by atoms with Crippen molar-refractivity contribution in [1.82, 2.24) is 5.32 Å². The van der Waals surface area contributed by atoms with Gasteiger partial charge in [0.05, 0.1) is 0 Å². The van der Waals surface area contributed by atoms with Crippen molar-refractivity contribution in [3.8, 4) is 0 Å². The molecule has 0 aliphatic rings. The van der Waals surface area contributed by atoms with Gasteiger partial charge in [0, 0.05) is 5.54 Å². The quantitative estimate of drug-likeness (QED) is 0.483. The van der Waals surface area contributed by atoms with Crippen LogP contribution in [0.5, 0.6) is 0 Å². The summed E-state index contributed by atoms with van der Waals surface area (Å²) >= 11 is 0. The van der Waals surface area contributed by atoms with E-state index in [0.29, 0.717) is 0 Å². The first kappa shape index (κ1) is 10.9. The lowest BCUT2D eigenvalue weighted by atomic mass is 10.1. The molecule has 0 aromatic carbocycles. The van der Waals surface area contributed by atoms with Crippen LogP contribution in [-0.2, 0) is 9.59 Å². The van der Waals surface area contributed by atoms with Gasteiger partial charge in [0.1, 0.15) is 0 Å². The van der Waals surface area contributed by atoms with Crippen LogP contribution < -0.4 is 11.1 Å². The van der Waals surface area contributed by atoms with E-state index in [4.69, 9.17) is 10.8 Å². The molecule has 0 heterocycles. The Balaban J connectivity index is 4.15. The molecule has 0 spiro atoms. The van der Waals surface area contributed by atoms with E-state index in [1.54, 1.807) is 20.8 Å². The summed E-state index contributed by atoms with van der Waals surface area (Å²) in [6.45, 7) is 5.25. The average molecular weight is 174 g/mol. The standard InChI is InChI=1S/C7H14N2O3/c1-7(2,3)9-5(10)4(8)6(11)12/h4H,8H2,1-3H3,(H,9,10)(H,11,12). The van der Waals surface area contributed by atoms with E-state index in [2.05, 4.69) is 5.32 Å². The number of carboxylic acid groups (broad SMARTS) is 1. The first-order chi connectivity index (χ1) is 5.24. The van der Waals surface area contributed by atoms with Crippen LogP contribution in [0, 0.1) is 0 Å². The second-order valence-corrected chi connectivity index (χ2v) is 3.56. The Bertz CT molecular complexity index is 195. The minimum absolute atomic E-state index is 0.454. The van der Waals surface area contributed by atoms with Crippen LogP contribution in [0.1, 0.15) is 20.8 Å². The number of hydrogen-bond acceptors (Lipinski definition) is 3. The average Bonchev–Trinajstić information content (AvgIpc) is 1.82. The SMILES string of the molecule is CC(C)(C)NC(=O)C(N)C(=O)O. The summed E-state index contributed by atoms with van der Waals surface area (Å²) in [4.78, 5) is 21.2. The molecule has 0 aromatic rings. The Morgan fingerprint density at radius 2 is 1.83 bits per heavy atom. The molecule has 1 amide bonds. The van der Waals surface area contributed by atoms with Crippen molar-refractivity contribution in [2.75, 3.05) is 0 Å². The van der Waals surface area contributed by atoms with Crippen molar-refractivity contribution < 1.29 is 14.7 Å². The smallest absolute Gasteiger partial charge is 0.330 e. The van der Waals surface area contributed by atoms with E-state index >= 15 is 0 Å². The van der Waals surface area contributed by atoms with Crippen LogP contribution >= 0.6 is 0 Å². The Hall–Kier alpha value is -1.10. The molecule has 5 nitrogen and oxygen atoms in total. The number of rotatable bonds is 2. The van der Waals surface area contributed by atoms with Gasteiger partial charge >= 0.3 is 5.97 Å². The van der Waals surface area contributed by atoms with E-state index in [1.807, 2.05) is 0 Å². The van der Waals surface area contributed by atoms with E-state index in [0.717, 1.165) is 0 Å². The normalized spacial score (nSPS) is 13.7. The third-order valence-electron chi connectivity index (χ3n) is 1.05.